The number of likely N-dealkylation sites (tertiary alicyclic amines) is 1. The topological polar surface area (TPSA) is 32.3 Å². The smallest absolute Gasteiger partial charge is 0.317 e. The standard InChI is InChI=1S/C12H18N2OS/c1-10-5-8-16-11(10)9-13-12(15)14-6-3-2-4-7-14/h5,8H,2-4,6-7,9H2,1H3,(H,13,15). The molecule has 2 heterocycles. The Kier molecular flexibility index (Phi) is 3.83. The minimum Gasteiger partial charge on any atom is -0.333 e. The Balaban J connectivity index is 1.81. The molecule has 0 aliphatic carbocycles. The lowest BCUT2D eigenvalue weighted by Gasteiger charge is -2.26. The molecule has 1 aliphatic heterocycles. The molecule has 2 amide bonds. The van der Waals surface area contributed by atoms with E-state index in [0.29, 0.717) is 6.54 Å². The summed E-state index contributed by atoms with van der Waals surface area (Å²) in [6, 6.07) is 2.18. The van der Waals surface area contributed by atoms with E-state index in [2.05, 4.69) is 23.7 Å². The fourth-order valence-corrected chi connectivity index (χ4v) is 2.80. The van der Waals surface area contributed by atoms with Crippen LogP contribution in [0.2, 0.25) is 0 Å². The molecule has 88 valence electrons. The van der Waals surface area contributed by atoms with E-state index in [1.54, 1.807) is 11.3 Å². The van der Waals surface area contributed by atoms with Gasteiger partial charge in [0.1, 0.15) is 0 Å². The minimum atomic E-state index is 0.0903. The van der Waals surface area contributed by atoms with Crippen LogP contribution in [0.15, 0.2) is 11.4 Å². The molecule has 1 N–H and O–H groups in total. The van der Waals surface area contributed by atoms with E-state index in [-0.39, 0.29) is 6.03 Å². The third kappa shape index (κ3) is 2.76. The van der Waals surface area contributed by atoms with Gasteiger partial charge in [-0.3, -0.25) is 0 Å². The predicted octanol–water partition coefficient (Wildman–Crippen LogP) is 2.75. The van der Waals surface area contributed by atoms with E-state index in [9.17, 15) is 4.79 Å². The van der Waals surface area contributed by atoms with Gasteiger partial charge in [-0.25, -0.2) is 4.79 Å². The van der Waals surface area contributed by atoms with Crippen molar-refractivity contribution in [3.63, 3.8) is 0 Å². The van der Waals surface area contributed by atoms with E-state index < -0.39 is 0 Å². The van der Waals surface area contributed by atoms with E-state index >= 15 is 0 Å². The van der Waals surface area contributed by atoms with Crippen LogP contribution in [0, 0.1) is 6.92 Å². The molecule has 0 atom stereocenters. The van der Waals surface area contributed by atoms with Crippen LogP contribution in [-0.2, 0) is 6.54 Å². The average Bonchev–Trinajstić information content (AvgIpc) is 2.73. The van der Waals surface area contributed by atoms with Gasteiger partial charge >= 0.3 is 6.03 Å². The molecule has 0 radical (unpaired) electrons. The Morgan fingerprint density at radius 3 is 2.81 bits per heavy atom. The molecule has 4 heteroatoms. The largest absolute Gasteiger partial charge is 0.333 e. The number of piperidine rings is 1. The zero-order valence-electron chi connectivity index (χ0n) is 9.66. The molecule has 0 bridgehead atoms. The summed E-state index contributed by atoms with van der Waals surface area (Å²) < 4.78 is 0. The van der Waals surface area contributed by atoms with Gasteiger partial charge in [0.2, 0.25) is 0 Å². The van der Waals surface area contributed by atoms with Crippen molar-refractivity contribution in [3.05, 3.63) is 21.9 Å². The summed E-state index contributed by atoms with van der Waals surface area (Å²) in [5, 5.41) is 5.06. The maximum absolute atomic E-state index is 11.8. The molecular weight excluding hydrogens is 220 g/mol. The number of thiophene rings is 1. The highest BCUT2D eigenvalue weighted by atomic mass is 32.1. The van der Waals surface area contributed by atoms with Crippen molar-refractivity contribution in [2.75, 3.05) is 13.1 Å². The first kappa shape index (κ1) is 11.5. The quantitative estimate of drug-likeness (QED) is 0.844. The van der Waals surface area contributed by atoms with Gasteiger partial charge in [-0.1, -0.05) is 0 Å². The van der Waals surface area contributed by atoms with Gasteiger partial charge in [-0.2, -0.15) is 0 Å². The number of hydrogen-bond donors (Lipinski definition) is 1. The van der Waals surface area contributed by atoms with Crippen molar-refractivity contribution in [2.45, 2.75) is 32.7 Å². The summed E-state index contributed by atoms with van der Waals surface area (Å²) in [6.07, 6.45) is 3.55. The Labute approximate surface area is 100 Å². The second-order valence-corrected chi connectivity index (χ2v) is 5.23. The molecule has 0 unspecified atom stereocenters. The van der Waals surface area contributed by atoms with Gasteiger partial charge in [0.15, 0.2) is 0 Å². The summed E-state index contributed by atoms with van der Waals surface area (Å²) in [6.45, 7) is 4.57. The highest BCUT2D eigenvalue weighted by Crippen LogP contribution is 2.15. The van der Waals surface area contributed by atoms with Crippen LogP contribution in [0.1, 0.15) is 29.7 Å². The van der Waals surface area contributed by atoms with Crippen LogP contribution in [-0.4, -0.2) is 24.0 Å². The Morgan fingerprint density at radius 1 is 1.44 bits per heavy atom. The van der Waals surface area contributed by atoms with Gasteiger partial charge < -0.3 is 10.2 Å². The fraction of sp³-hybridized carbons (Fsp3) is 0.583. The second kappa shape index (κ2) is 5.34. The maximum Gasteiger partial charge on any atom is 0.317 e. The minimum absolute atomic E-state index is 0.0903. The first-order valence-corrected chi connectivity index (χ1v) is 6.71. The zero-order valence-corrected chi connectivity index (χ0v) is 10.5. The third-order valence-corrected chi connectivity index (χ3v) is 4.03. The number of aryl methyl sites for hydroxylation is 1. The SMILES string of the molecule is Cc1ccsc1CNC(=O)N1CCCCC1. The number of nitrogens with zero attached hydrogens (tertiary/aromatic N) is 1. The van der Waals surface area contributed by atoms with Crippen molar-refractivity contribution in [1.29, 1.82) is 0 Å². The molecule has 1 saturated heterocycles. The van der Waals surface area contributed by atoms with Gasteiger partial charge in [0.05, 0.1) is 6.54 Å². The monoisotopic (exact) mass is 238 g/mol. The van der Waals surface area contributed by atoms with Crippen LogP contribution in [0.5, 0.6) is 0 Å². The molecule has 1 fully saturated rings. The number of rotatable bonds is 2. The van der Waals surface area contributed by atoms with E-state index in [0.717, 1.165) is 25.9 Å². The first-order chi connectivity index (χ1) is 7.77. The maximum atomic E-state index is 11.8. The lowest BCUT2D eigenvalue weighted by Crippen LogP contribution is -2.42. The molecule has 3 nitrogen and oxygen atoms in total. The van der Waals surface area contributed by atoms with E-state index in [1.807, 2.05) is 4.90 Å². The molecular formula is C12H18N2OS. The van der Waals surface area contributed by atoms with Crippen molar-refractivity contribution in [3.8, 4) is 0 Å². The highest BCUT2D eigenvalue weighted by molar-refractivity contribution is 7.10. The zero-order chi connectivity index (χ0) is 11.4. The Hall–Kier alpha value is -1.03. The summed E-state index contributed by atoms with van der Waals surface area (Å²) >= 11 is 1.70. The number of carbonyl (C=O) groups is 1. The van der Waals surface area contributed by atoms with Crippen LogP contribution in [0.25, 0.3) is 0 Å². The lowest BCUT2D eigenvalue weighted by molar-refractivity contribution is 0.186. The summed E-state index contributed by atoms with van der Waals surface area (Å²) in [4.78, 5) is 15.0. The normalized spacial score (nSPS) is 16.2. The summed E-state index contributed by atoms with van der Waals surface area (Å²) in [5.74, 6) is 0. The second-order valence-electron chi connectivity index (χ2n) is 4.23. The Morgan fingerprint density at radius 2 is 2.19 bits per heavy atom. The number of nitrogens with one attached hydrogen (secondary N) is 1. The predicted molar refractivity (Wildman–Crippen MR) is 66.7 cm³/mol. The van der Waals surface area contributed by atoms with Crippen molar-refractivity contribution in [2.24, 2.45) is 0 Å². The van der Waals surface area contributed by atoms with Crippen LogP contribution >= 0.6 is 11.3 Å². The first-order valence-electron chi connectivity index (χ1n) is 5.83. The van der Waals surface area contributed by atoms with Crippen LogP contribution < -0.4 is 5.32 Å². The van der Waals surface area contributed by atoms with Crippen molar-refractivity contribution in [1.82, 2.24) is 10.2 Å². The molecule has 1 aromatic heterocycles. The average molecular weight is 238 g/mol. The lowest BCUT2D eigenvalue weighted by atomic mass is 10.1. The fourth-order valence-electron chi connectivity index (χ4n) is 1.95. The molecule has 1 aromatic rings. The van der Waals surface area contributed by atoms with E-state index in [1.165, 1.54) is 16.9 Å². The molecule has 2 rings (SSSR count). The number of hydrogen-bond acceptors (Lipinski definition) is 2. The Bertz CT molecular complexity index is 356. The molecule has 1 aliphatic rings. The van der Waals surface area contributed by atoms with Crippen molar-refractivity contribution >= 4 is 17.4 Å². The van der Waals surface area contributed by atoms with Gasteiger partial charge in [-0.05, 0) is 43.2 Å². The van der Waals surface area contributed by atoms with Crippen molar-refractivity contribution < 1.29 is 4.79 Å². The molecule has 0 spiro atoms. The molecule has 0 saturated carbocycles. The van der Waals surface area contributed by atoms with Crippen LogP contribution in [0.3, 0.4) is 0 Å². The third-order valence-electron chi connectivity index (χ3n) is 3.01. The summed E-state index contributed by atoms with van der Waals surface area (Å²) in [5.41, 5.74) is 1.27. The molecule has 16 heavy (non-hydrogen) atoms. The van der Waals surface area contributed by atoms with Gasteiger partial charge in [0, 0.05) is 18.0 Å². The number of amides is 2. The summed E-state index contributed by atoms with van der Waals surface area (Å²) in [7, 11) is 0. The van der Waals surface area contributed by atoms with Gasteiger partial charge in [0.25, 0.3) is 0 Å². The van der Waals surface area contributed by atoms with Crippen LogP contribution in [0.4, 0.5) is 4.79 Å². The number of urea groups is 1. The van der Waals surface area contributed by atoms with E-state index in [4.69, 9.17) is 0 Å². The number of carbonyl (C=O) groups excluding carboxylic acids is 1. The molecule has 0 aromatic carbocycles. The highest BCUT2D eigenvalue weighted by Gasteiger charge is 2.15. The van der Waals surface area contributed by atoms with Gasteiger partial charge in [-0.15, -0.1) is 11.3 Å².